The van der Waals surface area contributed by atoms with Crippen LogP contribution in [0.5, 0.6) is 11.5 Å². The van der Waals surface area contributed by atoms with Crippen LogP contribution in [0.1, 0.15) is 29.7 Å². The highest BCUT2D eigenvalue weighted by Crippen LogP contribution is 2.42. The molecule has 1 atom stereocenters. The number of halogens is 1. The van der Waals surface area contributed by atoms with Gasteiger partial charge in [-0.3, -0.25) is 9.59 Å². The number of hydrogen-bond acceptors (Lipinski definition) is 6. The van der Waals surface area contributed by atoms with Gasteiger partial charge in [-0.25, -0.2) is 4.39 Å². The number of hydrogen-bond donors (Lipinski definition) is 1. The van der Waals surface area contributed by atoms with Gasteiger partial charge in [-0.15, -0.1) is 0 Å². The summed E-state index contributed by atoms with van der Waals surface area (Å²) in [5, 5.41) is 11.0. The first-order valence-corrected chi connectivity index (χ1v) is 10.2. The Bertz CT molecular complexity index is 1060. The molecular formula is C24H26FNO6. The van der Waals surface area contributed by atoms with Gasteiger partial charge in [0, 0.05) is 19.2 Å². The monoisotopic (exact) mass is 443 g/mol. The number of aliphatic hydroxyl groups is 1. The number of carbonyl (C=O) groups excluding carboxylic acids is 2. The summed E-state index contributed by atoms with van der Waals surface area (Å²) in [6.45, 7) is 4.11. The van der Waals surface area contributed by atoms with E-state index in [0.29, 0.717) is 29.2 Å². The SMILES string of the molecule is CCOc1cc(C2/C(=C(/O)c3ccc(F)c(C)c3)C(=O)C(=O)N2CCOC)ccc1OC. The van der Waals surface area contributed by atoms with Crippen LogP contribution in [-0.2, 0) is 14.3 Å². The zero-order chi connectivity index (χ0) is 23.4. The van der Waals surface area contributed by atoms with Crippen LogP contribution >= 0.6 is 0 Å². The molecule has 1 amide bonds. The van der Waals surface area contributed by atoms with Crippen LogP contribution in [0, 0.1) is 12.7 Å². The third kappa shape index (κ3) is 4.31. The molecule has 1 heterocycles. The van der Waals surface area contributed by atoms with E-state index in [-0.39, 0.29) is 30.0 Å². The van der Waals surface area contributed by atoms with Gasteiger partial charge >= 0.3 is 0 Å². The van der Waals surface area contributed by atoms with Gasteiger partial charge in [0.15, 0.2) is 11.5 Å². The first-order chi connectivity index (χ1) is 15.3. The van der Waals surface area contributed by atoms with Crippen molar-refractivity contribution in [2.24, 2.45) is 0 Å². The van der Waals surface area contributed by atoms with Gasteiger partial charge in [-0.2, -0.15) is 0 Å². The van der Waals surface area contributed by atoms with Gasteiger partial charge in [0.2, 0.25) is 0 Å². The number of methoxy groups -OCH3 is 2. The summed E-state index contributed by atoms with van der Waals surface area (Å²) in [5.41, 5.74) is 1.04. The van der Waals surface area contributed by atoms with E-state index in [1.54, 1.807) is 25.1 Å². The van der Waals surface area contributed by atoms with Gasteiger partial charge in [-0.1, -0.05) is 6.07 Å². The normalized spacial score (nSPS) is 17.7. The van der Waals surface area contributed by atoms with E-state index in [9.17, 15) is 19.1 Å². The molecule has 1 unspecified atom stereocenters. The van der Waals surface area contributed by atoms with Crippen molar-refractivity contribution in [3.8, 4) is 11.5 Å². The van der Waals surface area contributed by atoms with Crippen LogP contribution < -0.4 is 9.47 Å². The number of ether oxygens (including phenoxy) is 3. The molecule has 1 N–H and O–H groups in total. The number of aryl methyl sites for hydroxylation is 1. The number of aliphatic hydroxyl groups excluding tert-OH is 1. The Labute approximate surface area is 186 Å². The first kappa shape index (κ1) is 23.3. The highest BCUT2D eigenvalue weighted by atomic mass is 19.1. The zero-order valence-electron chi connectivity index (χ0n) is 18.5. The van der Waals surface area contributed by atoms with Gasteiger partial charge in [0.1, 0.15) is 11.6 Å². The lowest BCUT2D eigenvalue weighted by molar-refractivity contribution is -0.140. The fraction of sp³-hybridized carbons (Fsp3) is 0.333. The van der Waals surface area contributed by atoms with E-state index in [2.05, 4.69) is 0 Å². The minimum Gasteiger partial charge on any atom is -0.507 e. The number of amides is 1. The number of Topliss-reactive ketones (excluding diaryl/α,β-unsaturated/α-hetero) is 1. The molecule has 0 aromatic heterocycles. The van der Waals surface area contributed by atoms with Gasteiger partial charge in [-0.05, 0) is 55.3 Å². The first-order valence-electron chi connectivity index (χ1n) is 10.2. The third-order valence-electron chi connectivity index (χ3n) is 5.31. The summed E-state index contributed by atoms with van der Waals surface area (Å²) < 4.78 is 29.8. The van der Waals surface area contributed by atoms with Crippen molar-refractivity contribution < 1.29 is 33.3 Å². The molecule has 8 heteroatoms. The molecule has 3 rings (SSSR count). The molecule has 1 aliphatic heterocycles. The molecule has 1 aliphatic rings. The van der Waals surface area contributed by atoms with Crippen molar-refractivity contribution in [1.29, 1.82) is 0 Å². The molecular weight excluding hydrogens is 417 g/mol. The van der Waals surface area contributed by atoms with E-state index in [1.807, 2.05) is 6.92 Å². The van der Waals surface area contributed by atoms with Crippen molar-refractivity contribution in [2.45, 2.75) is 19.9 Å². The van der Waals surface area contributed by atoms with E-state index in [4.69, 9.17) is 14.2 Å². The third-order valence-corrected chi connectivity index (χ3v) is 5.31. The van der Waals surface area contributed by atoms with Crippen LogP contribution in [0.4, 0.5) is 4.39 Å². The molecule has 0 saturated carbocycles. The van der Waals surface area contributed by atoms with Crippen molar-refractivity contribution in [2.75, 3.05) is 34.0 Å². The van der Waals surface area contributed by atoms with Crippen LogP contribution in [0.15, 0.2) is 42.0 Å². The van der Waals surface area contributed by atoms with Gasteiger partial charge in [0.05, 0.1) is 31.9 Å². The van der Waals surface area contributed by atoms with Crippen molar-refractivity contribution in [1.82, 2.24) is 4.90 Å². The molecule has 0 aliphatic carbocycles. The van der Waals surface area contributed by atoms with Crippen molar-refractivity contribution >= 4 is 17.4 Å². The van der Waals surface area contributed by atoms with Crippen LogP contribution in [0.3, 0.4) is 0 Å². The average Bonchev–Trinajstić information content (AvgIpc) is 3.04. The van der Waals surface area contributed by atoms with Gasteiger partial charge in [0.25, 0.3) is 11.7 Å². The summed E-state index contributed by atoms with van der Waals surface area (Å²) in [5.74, 6) is -1.43. The van der Waals surface area contributed by atoms with Crippen molar-refractivity contribution in [3.63, 3.8) is 0 Å². The number of likely N-dealkylation sites (tertiary alicyclic amines) is 1. The second-order valence-corrected chi connectivity index (χ2v) is 7.29. The molecule has 2 aromatic rings. The average molecular weight is 443 g/mol. The highest BCUT2D eigenvalue weighted by Gasteiger charge is 2.46. The molecule has 1 saturated heterocycles. The summed E-state index contributed by atoms with van der Waals surface area (Å²) in [6, 6.07) is 8.21. The lowest BCUT2D eigenvalue weighted by atomic mass is 9.94. The predicted molar refractivity (Wildman–Crippen MR) is 116 cm³/mol. The van der Waals surface area contributed by atoms with E-state index >= 15 is 0 Å². The fourth-order valence-electron chi connectivity index (χ4n) is 3.73. The summed E-state index contributed by atoms with van der Waals surface area (Å²) in [4.78, 5) is 27.2. The minimum absolute atomic E-state index is 0.0790. The second kappa shape index (κ2) is 9.82. The topological polar surface area (TPSA) is 85.3 Å². The Kier molecular flexibility index (Phi) is 7.15. The van der Waals surface area contributed by atoms with Gasteiger partial charge < -0.3 is 24.2 Å². The number of ketones is 1. The number of benzene rings is 2. The standard InChI is InChI=1S/C24H26FNO6/c1-5-32-19-13-15(7-9-18(19)31-4)21-20(23(28)24(29)26(21)10-11-30-3)22(27)16-6-8-17(25)14(2)12-16/h6-9,12-13,21,27H,5,10-11H2,1-4H3/b22-20-. The lowest BCUT2D eigenvalue weighted by Gasteiger charge is -2.25. The Morgan fingerprint density at radius 2 is 1.88 bits per heavy atom. The molecule has 2 aromatic carbocycles. The molecule has 1 fully saturated rings. The maximum Gasteiger partial charge on any atom is 0.295 e. The molecule has 32 heavy (non-hydrogen) atoms. The lowest BCUT2D eigenvalue weighted by Crippen LogP contribution is -2.32. The Balaban J connectivity index is 2.20. The highest BCUT2D eigenvalue weighted by molar-refractivity contribution is 6.46. The van der Waals surface area contributed by atoms with E-state index in [1.165, 1.54) is 37.3 Å². The Morgan fingerprint density at radius 1 is 1.12 bits per heavy atom. The van der Waals surface area contributed by atoms with Crippen LogP contribution in [-0.4, -0.2) is 55.7 Å². The fourth-order valence-corrected chi connectivity index (χ4v) is 3.73. The number of rotatable bonds is 8. The van der Waals surface area contributed by atoms with Crippen LogP contribution in [0.25, 0.3) is 5.76 Å². The quantitative estimate of drug-likeness (QED) is 0.381. The number of nitrogens with zero attached hydrogens (tertiary/aromatic N) is 1. The van der Waals surface area contributed by atoms with E-state index in [0.717, 1.165) is 0 Å². The summed E-state index contributed by atoms with van der Waals surface area (Å²) in [7, 11) is 3.01. The molecule has 0 spiro atoms. The smallest absolute Gasteiger partial charge is 0.295 e. The Hall–Kier alpha value is -3.39. The van der Waals surface area contributed by atoms with Crippen LogP contribution in [0.2, 0.25) is 0 Å². The van der Waals surface area contributed by atoms with Crippen molar-refractivity contribution in [3.05, 3.63) is 64.5 Å². The molecule has 7 nitrogen and oxygen atoms in total. The second-order valence-electron chi connectivity index (χ2n) is 7.29. The molecule has 0 radical (unpaired) electrons. The Morgan fingerprint density at radius 3 is 2.50 bits per heavy atom. The summed E-state index contributed by atoms with van der Waals surface area (Å²) >= 11 is 0. The minimum atomic E-state index is -0.874. The molecule has 170 valence electrons. The maximum absolute atomic E-state index is 13.7. The zero-order valence-corrected chi connectivity index (χ0v) is 18.5. The largest absolute Gasteiger partial charge is 0.507 e. The maximum atomic E-state index is 13.7. The summed E-state index contributed by atoms with van der Waals surface area (Å²) in [6.07, 6.45) is 0. The molecule has 0 bridgehead atoms. The predicted octanol–water partition coefficient (Wildman–Crippen LogP) is 3.61. The number of carbonyl (C=O) groups is 2. The van der Waals surface area contributed by atoms with E-state index < -0.39 is 23.5 Å².